The minimum atomic E-state index is -0.267. The fourth-order valence-electron chi connectivity index (χ4n) is 1.92. The molecule has 4 nitrogen and oxygen atoms in total. The van der Waals surface area contributed by atoms with Gasteiger partial charge in [0, 0.05) is 24.3 Å². The Balaban J connectivity index is 1.80. The number of hydrogen-bond donors (Lipinski definition) is 3. The predicted octanol–water partition coefficient (Wildman–Crippen LogP) is 3.27. The number of nitrogens with two attached hydrogens (primary N) is 1. The summed E-state index contributed by atoms with van der Waals surface area (Å²) in [7, 11) is 0. The van der Waals surface area contributed by atoms with E-state index in [4.69, 9.17) is 17.3 Å². The lowest BCUT2D eigenvalue weighted by Crippen LogP contribution is -2.31. The van der Waals surface area contributed by atoms with Gasteiger partial charge in [-0.05, 0) is 34.9 Å². The Labute approximate surface area is 135 Å². The summed E-state index contributed by atoms with van der Waals surface area (Å²) in [6.45, 7) is 0.938. The van der Waals surface area contributed by atoms with E-state index in [0.29, 0.717) is 18.1 Å². The highest BCUT2D eigenvalue weighted by molar-refractivity contribution is 6.30. The van der Waals surface area contributed by atoms with Gasteiger partial charge < -0.3 is 16.4 Å². The Morgan fingerprint density at radius 1 is 1.14 bits per heavy atom. The van der Waals surface area contributed by atoms with Gasteiger partial charge in [0.05, 0.1) is 0 Å². The molecule has 0 saturated carbocycles. The highest BCUT2D eigenvalue weighted by atomic mass is 35.5. The van der Waals surface area contributed by atoms with Crippen LogP contribution in [-0.4, -0.2) is 6.03 Å². The molecule has 22 heavy (non-hydrogen) atoms. The summed E-state index contributed by atoms with van der Waals surface area (Å²) in [6.07, 6.45) is 3.36. The second-order valence-electron chi connectivity index (χ2n) is 4.74. The number of rotatable bonds is 5. The molecule has 2 aromatic carbocycles. The summed E-state index contributed by atoms with van der Waals surface area (Å²) >= 11 is 5.89. The van der Waals surface area contributed by atoms with Gasteiger partial charge in [0.1, 0.15) is 0 Å². The van der Waals surface area contributed by atoms with Crippen LogP contribution in [0.3, 0.4) is 0 Å². The summed E-state index contributed by atoms with van der Waals surface area (Å²) < 4.78 is 0. The summed E-state index contributed by atoms with van der Waals surface area (Å²) in [6, 6.07) is 14.9. The van der Waals surface area contributed by atoms with Crippen LogP contribution in [0.4, 0.5) is 4.79 Å². The molecule has 0 spiro atoms. The summed E-state index contributed by atoms with van der Waals surface area (Å²) in [5, 5.41) is 6.09. The van der Waals surface area contributed by atoms with Crippen LogP contribution >= 0.6 is 11.6 Å². The Hall–Kier alpha value is -2.30. The minimum Gasteiger partial charge on any atom is -0.334 e. The molecule has 0 unspecified atom stereocenters. The first-order valence-electron chi connectivity index (χ1n) is 6.92. The quantitative estimate of drug-likeness (QED) is 0.792. The minimum absolute atomic E-state index is 0.267. The van der Waals surface area contributed by atoms with E-state index in [1.165, 1.54) is 0 Å². The van der Waals surface area contributed by atoms with Crippen molar-refractivity contribution in [2.24, 2.45) is 5.73 Å². The molecule has 0 saturated heterocycles. The molecule has 0 fully saturated rings. The molecule has 4 N–H and O–H groups in total. The van der Waals surface area contributed by atoms with Gasteiger partial charge in [-0.1, -0.05) is 48.0 Å². The number of halogens is 1. The van der Waals surface area contributed by atoms with Crippen LogP contribution < -0.4 is 16.4 Å². The molecule has 0 aliphatic carbocycles. The average molecular weight is 316 g/mol. The van der Waals surface area contributed by atoms with Crippen molar-refractivity contribution < 1.29 is 4.79 Å². The van der Waals surface area contributed by atoms with Crippen molar-refractivity contribution in [2.45, 2.75) is 13.1 Å². The van der Waals surface area contributed by atoms with Crippen molar-refractivity contribution in [3.05, 3.63) is 76.4 Å². The number of hydrogen-bond acceptors (Lipinski definition) is 2. The number of amides is 2. The standard InChI is InChI=1S/C17H18ClN3O/c18-16-6-2-3-13(10-16)7-8-20-17(22)21-12-15-5-1-4-14(9-15)11-19/h1-10H,11-12,19H2,(H2,20,21,22)/b8-7+. The zero-order chi connectivity index (χ0) is 15.8. The smallest absolute Gasteiger partial charge is 0.319 e. The molecule has 0 aromatic heterocycles. The fraction of sp³-hybridized carbons (Fsp3) is 0.118. The van der Waals surface area contributed by atoms with Crippen LogP contribution in [0, 0.1) is 0 Å². The third kappa shape index (κ3) is 5.24. The maximum Gasteiger partial charge on any atom is 0.319 e. The third-order valence-electron chi connectivity index (χ3n) is 3.02. The van der Waals surface area contributed by atoms with Crippen LogP contribution in [0.1, 0.15) is 16.7 Å². The molecular formula is C17H18ClN3O. The lowest BCUT2D eigenvalue weighted by molar-refractivity contribution is 0.244. The molecule has 5 heteroatoms. The van der Waals surface area contributed by atoms with Gasteiger partial charge in [-0.3, -0.25) is 0 Å². The van der Waals surface area contributed by atoms with E-state index in [1.54, 1.807) is 18.3 Å². The lowest BCUT2D eigenvalue weighted by atomic mass is 10.1. The number of nitrogens with one attached hydrogen (secondary N) is 2. The largest absolute Gasteiger partial charge is 0.334 e. The summed E-state index contributed by atoms with van der Waals surface area (Å²) in [4.78, 5) is 11.7. The molecule has 2 amide bonds. The van der Waals surface area contributed by atoms with Gasteiger partial charge in [-0.15, -0.1) is 0 Å². The normalized spacial score (nSPS) is 10.6. The third-order valence-corrected chi connectivity index (χ3v) is 3.25. The Bertz CT molecular complexity index is 670. The first kappa shape index (κ1) is 16.1. The molecule has 2 rings (SSSR count). The van der Waals surface area contributed by atoms with Crippen LogP contribution in [0.2, 0.25) is 5.02 Å². The van der Waals surface area contributed by atoms with E-state index in [-0.39, 0.29) is 6.03 Å². The fourth-order valence-corrected chi connectivity index (χ4v) is 2.12. The van der Waals surface area contributed by atoms with E-state index in [0.717, 1.165) is 16.7 Å². The number of carbonyl (C=O) groups excluding carboxylic acids is 1. The highest BCUT2D eigenvalue weighted by Crippen LogP contribution is 2.11. The van der Waals surface area contributed by atoms with E-state index >= 15 is 0 Å². The van der Waals surface area contributed by atoms with Crippen molar-refractivity contribution in [3.63, 3.8) is 0 Å². The van der Waals surface area contributed by atoms with Gasteiger partial charge in [-0.2, -0.15) is 0 Å². The summed E-state index contributed by atoms with van der Waals surface area (Å²) in [5.41, 5.74) is 8.56. The van der Waals surface area contributed by atoms with Crippen LogP contribution in [-0.2, 0) is 13.1 Å². The van der Waals surface area contributed by atoms with Crippen molar-refractivity contribution >= 4 is 23.7 Å². The number of urea groups is 1. The monoisotopic (exact) mass is 315 g/mol. The molecule has 0 aliphatic rings. The molecule has 0 atom stereocenters. The molecule has 0 bridgehead atoms. The van der Waals surface area contributed by atoms with Gasteiger partial charge in [0.15, 0.2) is 0 Å². The first-order valence-corrected chi connectivity index (χ1v) is 7.29. The van der Waals surface area contributed by atoms with Gasteiger partial charge in [0.25, 0.3) is 0 Å². The Kier molecular flexibility index (Phi) is 6.01. The molecule has 114 valence electrons. The molecule has 0 radical (unpaired) electrons. The van der Waals surface area contributed by atoms with Crippen molar-refractivity contribution in [1.29, 1.82) is 0 Å². The number of benzene rings is 2. The first-order chi connectivity index (χ1) is 10.7. The molecular weight excluding hydrogens is 298 g/mol. The second kappa shape index (κ2) is 8.22. The van der Waals surface area contributed by atoms with Crippen LogP contribution in [0.25, 0.3) is 6.08 Å². The number of carbonyl (C=O) groups is 1. The van der Waals surface area contributed by atoms with Crippen molar-refractivity contribution in [1.82, 2.24) is 10.6 Å². The average Bonchev–Trinajstić information content (AvgIpc) is 2.53. The van der Waals surface area contributed by atoms with E-state index < -0.39 is 0 Å². The van der Waals surface area contributed by atoms with Crippen molar-refractivity contribution in [2.75, 3.05) is 0 Å². The zero-order valence-electron chi connectivity index (χ0n) is 12.1. The predicted molar refractivity (Wildman–Crippen MR) is 90.2 cm³/mol. The van der Waals surface area contributed by atoms with Gasteiger partial charge in [0.2, 0.25) is 0 Å². The van der Waals surface area contributed by atoms with Gasteiger partial charge in [-0.25, -0.2) is 4.79 Å². The Morgan fingerprint density at radius 3 is 2.68 bits per heavy atom. The maximum atomic E-state index is 11.7. The van der Waals surface area contributed by atoms with Gasteiger partial charge >= 0.3 is 6.03 Å². The van der Waals surface area contributed by atoms with Crippen LogP contribution in [0.5, 0.6) is 0 Å². The van der Waals surface area contributed by atoms with Crippen molar-refractivity contribution in [3.8, 4) is 0 Å². The van der Waals surface area contributed by atoms with E-state index in [1.807, 2.05) is 42.5 Å². The van der Waals surface area contributed by atoms with Crippen LogP contribution in [0.15, 0.2) is 54.7 Å². The molecule has 0 heterocycles. The Morgan fingerprint density at radius 2 is 1.91 bits per heavy atom. The van der Waals surface area contributed by atoms with E-state index in [9.17, 15) is 4.79 Å². The summed E-state index contributed by atoms with van der Waals surface area (Å²) in [5.74, 6) is 0. The highest BCUT2D eigenvalue weighted by Gasteiger charge is 1.99. The zero-order valence-corrected chi connectivity index (χ0v) is 12.8. The topological polar surface area (TPSA) is 67.1 Å². The molecule has 2 aromatic rings. The lowest BCUT2D eigenvalue weighted by Gasteiger charge is -2.06. The SMILES string of the molecule is NCc1cccc(CNC(=O)N/C=C/c2cccc(Cl)c2)c1. The van der Waals surface area contributed by atoms with E-state index in [2.05, 4.69) is 10.6 Å². The molecule has 0 aliphatic heterocycles. The second-order valence-corrected chi connectivity index (χ2v) is 5.18. The maximum absolute atomic E-state index is 11.7.